The Labute approximate surface area is 113 Å². The molecule has 0 radical (unpaired) electrons. The van der Waals surface area contributed by atoms with E-state index in [1.807, 2.05) is 11.0 Å². The Balaban J connectivity index is 1.94. The van der Waals surface area contributed by atoms with Gasteiger partial charge in [0.2, 0.25) is 5.91 Å². The molecular weight excluding hydrogens is 242 g/mol. The van der Waals surface area contributed by atoms with E-state index in [9.17, 15) is 9.90 Å². The molecule has 1 aliphatic heterocycles. The number of phenols is 1. The average Bonchev–Trinajstić information content (AvgIpc) is 2.42. The van der Waals surface area contributed by atoms with Crippen molar-refractivity contribution in [1.29, 1.82) is 0 Å². The number of hydrogen-bond acceptors (Lipinski definition) is 3. The summed E-state index contributed by atoms with van der Waals surface area (Å²) >= 11 is 0. The lowest BCUT2D eigenvalue weighted by atomic mass is 9.94. The lowest BCUT2D eigenvalue weighted by Crippen LogP contribution is -2.40. The molecule has 1 unspecified atom stereocenters. The topological polar surface area (TPSA) is 60.8 Å². The second-order valence-electron chi connectivity index (χ2n) is 5.17. The standard InChI is InChI=1S/C15H21NO3/c17-9-7-12-4-3-8-16(11-12)15(19)10-13-5-1-2-6-14(13)18/h1-2,5-6,12,17-18H,3-4,7-11H2. The highest BCUT2D eigenvalue weighted by Gasteiger charge is 2.23. The fourth-order valence-electron chi connectivity index (χ4n) is 2.64. The molecule has 1 atom stereocenters. The van der Waals surface area contributed by atoms with Crippen molar-refractivity contribution in [2.75, 3.05) is 19.7 Å². The smallest absolute Gasteiger partial charge is 0.227 e. The van der Waals surface area contributed by atoms with Gasteiger partial charge >= 0.3 is 0 Å². The number of aliphatic hydroxyl groups is 1. The summed E-state index contributed by atoms with van der Waals surface area (Å²) in [6.07, 6.45) is 3.09. The Bertz CT molecular complexity index is 431. The van der Waals surface area contributed by atoms with Crippen LogP contribution in [0, 0.1) is 5.92 Å². The van der Waals surface area contributed by atoms with Crippen LogP contribution in [0.15, 0.2) is 24.3 Å². The minimum atomic E-state index is 0.0594. The number of likely N-dealkylation sites (tertiary alicyclic amines) is 1. The summed E-state index contributed by atoms with van der Waals surface area (Å²) in [5.41, 5.74) is 0.678. The van der Waals surface area contributed by atoms with Crippen molar-refractivity contribution in [3.8, 4) is 5.75 Å². The fourth-order valence-corrected chi connectivity index (χ4v) is 2.64. The number of phenolic OH excluding ortho intramolecular Hbond substituents is 1. The van der Waals surface area contributed by atoms with Crippen molar-refractivity contribution in [3.63, 3.8) is 0 Å². The van der Waals surface area contributed by atoms with Gasteiger partial charge in [-0.05, 0) is 31.2 Å². The van der Waals surface area contributed by atoms with Crippen LogP contribution in [0.1, 0.15) is 24.8 Å². The van der Waals surface area contributed by atoms with Gasteiger partial charge in [0.25, 0.3) is 0 Å². The maximum atomic E-state index is 12.2. The third-order valence-electron chi connectivity index (χ3n) is 3.74. The van der Waals surface area contributed by atoms with Gasteiger partial charge in [0, 0.05) is 25.3 Å². The number of nitrogens with zero attached hydrogens (tertiary/aromatic N) is 1. The first-order valence-corrected chi connectivity index (χ1v) is 6.86. The molecule has 19 heavy (non-hydrogen) atoms. The van der Waals surface area contributed by atoms with E-state index in [-0.39, 0.29) is 24.7 Å². The van der Waals surface area contributed by atoms with Gasteiger partial charge in [-0.15, -0.1) is 0 Å². The SMILES string of the molecule is O=C(Cc1ccccc1O)N1CCCC(CCO)C1. The molecule has 104 valence electrons. The molecule has 1 aliphatic rings. The molecule has 4 nitrogen and oxygen atoms in total. The second kappa shape index (κ2) is 6.57. The molecule has 2 rings (SSSR count). The zero-order valence-electron chi connectivity index (χ0n) is 11.1. The van der Waals surface area contributed by atoms with Gasteiger partial charge < -0.3 is 15.1 Å². The van der Waals surface area contributed by atoms with E-state index in [4.69, 9.17) is 5.11 Å². The number of aliphatic hydroxyl groups excluding tert-OH is 1. The van der Waals surface area contributed by atoms with Crippen molar-refractivity contribution in [3.05, 3.63) is 29.8 Å². The normalized spacial score (nSPS) is 19.4. The van der Waals surface area contributed by atoms with E-state index < -0.39 is 0 Å². The van der Waals surface area contributed by atoms with Crippen molar-refractivity contribution < 1.29 is 15.0 Å². The van der Waals surface area contributed by atoms with Crippen LogP contribution in [0.2, 0.25) is 0 Å². The van der Waals surface area contributed by atoms with Crippen LogP contribution < -0.4 is 0 Å². The molecule has 1 aromatic carbocycles. The molecule has 2 N–H and O–H groups in total. The predicted molar refractivity (Wildman–Crippen MR) is 72.8 cm³/mol. The lowest BCUT2D eigenvalue weighted by Gasteiger charge is -2.32. The monoisotopic (exact) mass is 263 g/mol. The van der Waals surface area contributed by atoms with E-state index in [1.165, 1.54) is 0 Å². The van der Waals surface area contributed by atoms with Crippen molar-refractivity contribution >= 4 is 5.91 Å². The van der Waals surface area contributed by atoms with Crippen molar-refractivity contribution in [2.24, 2.45) is 5.92 Å². The van der Waals surface area contributed by atoms with Crippen LogP contribution in [0.4, 0.5) is 0 Å². The maximum Gasteiger partial charge on any atom is 0.227 e. The highest BCUT2D eigenvalue weighted by Crippen LogP contribution is 2.22. The van der Waals surface area contributed by atoms with Gasteiger partial charge in [0.1, 0.15) is 5.75 Å². The van der Waals surface area contributed by atoms with Crippen LogP contribution in [-0.2, 0) is 11.2 Å². The molecule has 1 amide bonds. The Morgan fingerprint density at radius 1 is 1.37 bits per heavy atom. The van der Waals surface area contributed by atoms with Gasteiger partial charge in [-0.25, -0.2) is 0 Å². The summed E-state index contributed by atoms with van der Waals surface area (Å²) in [5.74, 6) is 0.649. The molecule has 1 fully saturated rings. The van der Waals surface area contributed by atoms with E-state index in [0.717, 1.165) is 32.4 Å². The molecule has 0 spiro atoms. The van der Waals surface area contributed by atoms with Gasteiger partial charge in [-0.2, -0.15) is 0 Å². The number of benzene rings is 1. The summed E-state index contributed by atoms with van der Waals surface area (Å²) in [5, 5.41) is 18.7. The Morgan fingerprint density at radius 2 is 2.16 bits per heavy atom. The summed E-state index contributed by atoms with van der Waals surface area (Å²) in [6, 6.07) is 6.96. The number of amides is 1. The molecule has 4 heteroatoms. The lowest BCUT2D eigenvalue weighted by molar-refractivity contribution is -0.132. The zero-order valence-corrected chi connectivity index (χ0v) is 11.1. The summed E-state index contributed by atoms with van der Waals surface area (Å²) in [6.45, 7) is 1.70. The number of piperidine rings is 1. The molecular formula is C15H21NO3. The first kappa shape index (κ1) is 13.9. The molecule has 1 aromatic rings. The minimum Gasteiger partial charge on any atom is -0.508 e. The minimum absolute atomic E-state index is 0.0594. The Kier molecular flexibility index (Phi) is 4.80. The second-order valence-corrected chi connectivity index (χ2v) is 5.17. The van der Waals surface area contributed by atoms with Crippen LogP contribution in [0.25, 0.3) is 0 Å². The largest absolute Gasteiger partial charge is 0.508 e. The molecule has 0 aromatic heterocycles. The Morgan fingerprint density at radius 3 is 2.89 bits per heavy atom. The number of carbonyl (C=O) groups is 1. The quantitative estimate of drug-likeness (QED) is 0.866. The number of rotatable bonds is 4. The average molecular weight is 263 g/mol. The number of para-hydroxylation sites is 1. The predicted octanol–water partition coefficient (Wildman–Crippen LogP) is 1.56. The summed E-state index contributed by atoms with van der Waals surface area (Å²) in [7, 11) is 0. The van der Waals surface area contributed by atoms with Crippen LogP contribution in [0.3, 0.4) is 0 Å². The fraction of sp³-hybridized carbons (Fsp3) is 0.533. The van der Waals surface area contributed by atoms with E-state index in [0.29, 0.717) is 11.5 Å². The summed E-state index contributed by atoms with van der Waals surface area (Å²) in [4.78, 5) is 14.1. The number of carbonyl (C=O) groups excluding carboxylic acids is 1. The molecule has 1 saturated heterocycles. The van der Waals surface area contributed by atoms with Crippen LogP contribution in [0.5, 0.6) is 5.75 Å². The Hall–Kier alpha value is -1.55. The molecule has 0 saturated carbocycles. The maximum absolute atomic E-state index is 12.2. The zero-order chi connectivity index (χ0) is 13.7. The van der Waals surface area contributed by atoms with Gasteiger partial charge in [0.05, 0.1) is 6.42 Å². The van der Waals surface area contributed by atoms with Gasteiger partial charge in [-0.1, -0.05) is 18.2 Å². The third-order valence-corrected chi connectivity index (χ3v) is 3.74. The molecule has 1 heterocycles. The van der Waals surface area contributed by atoms with Gasteiger partial charge in [-0.3, -0.25) is 4.79 Å². The van der Waals surface area contributed by atoms with Crippen LogP contribution >= 0.6 is 0 Å². The molecule has 0 aliphatic carbocycles. The van der Waals surface area contributed by atoms with Crippen LogP contribution in [-0.4, -0.2) is 40.7 Å². The van der Waals surface area contributed by atoms with E-state index >= 15 is 0 Å². The first-order valence-electron chi connectivity index (χ1n) is 6.86. The highest BCUT2D eigenvalue weighted by atomic mass is 16.3. The summed E-state index contributed by atoms with van der Waals surface area (Å²) < 4.78 is 0. The number of hydrogen-bond donors (Lipinski definition) is 2. The number of aromatic hydroxyl groups is 1. The van der Waals surface area contributed by atoms with E-state index in [1.54, 1.807) is 18.2 Å². The van der Waals surface area contributed by atoms with Crippen molar-refractivity contribution in [2.45, 2.75) is 25.7 Å². The molecule has 0 bridgehead atoms. The van der Waals surface area contributed by atoms with E-state index in [2.05, 4.69) is 0 Å². The van der Waals surface area contributed by atoms with Gasteiger partial charge in [0.15, 0.2) is 0 Å². The third kappa shape index (κ3) is 3.70. The first-order chi connectivity index (χ1) is 9.20. The van der Waals surface area contributed by atoms with Crippen molar-refractivity contribution in [1.82, 2.24) is 4.90 Å². The highest BCUT2D eigenvalue weighted by molar-refractivity contribution is 5.79.